The number of hydrogen-bond acceptors (Lipinski definition) is 2. The van der Waals surface area contributed by atoms with E-state index in [0.717, 1.165) is 12.1 Å². The summed E-state index contributed by atoms with van der Waals surface area (Å²) in [6.07, 6.45) is -4.34. The van der Waals surface area contributed by atoms with Crippen LogP contribution >= 0.6 is 0 Å². The Bertz CT molecular complexity index is 401. The van der Waals surface area contributed by atoms with E-state index >= 15 is 0 Å². The van der Waals surface area contributed by atoms with Crippen LogP contribution < -0.4 is 0 Å². The number of carboxylic acid groups (broad SMARTS) is 1. The molecule has 1 N–H and O–H groups in total. The van der Waals surface area contributed by atoms with Crippen molar-refractivity contribution in [3.05, 3.63) is 35.4 Å². The minimum Gasteiger partial charge on any atom is -0.480 e. The van der Waals surface area contributed by atoms with E-state index in [2.05, 4.69) is 0 Å². The summed E-state index contributed by atoms with van der Waals surface area (Å²) in [4.78, 5) is 12.2. The summed E-state index contributed by atoms with van der Waals surface area (Å²) in [5.74, 6) is -0.955. The second-order valence-electron chi connectivity index (χ2n) is 3.89. The third-order valence-electron chi connectivity index (χ3n) is 2.49. The van der Waals surface area contributed by atoms with E-state index in [-0.39, 0.29) is 6.54 Å². The first-order valence-corrected chi connectivity index (χ1v) is 5.43. The molecule has 0 aliphatic rings. The number of rotatable bonds is 5. The molecule has 1 rings (SSSR count). The van der Waals surface area contributed by atoms with Gasteiger partial charge in [0, 0.05) is 6.54 Å². The molecule has 0 bridgehead atoms. The van der Waals surface area contributed by atoms with Gasteiger partial charge in [-0.3, -0.25) is 9.69 Å². The normalized spacial score (nSPS) is 11.8. The predicted molar refractivity (Wildman–Crippen MR) is 60.0 cm³/mol. The van der Waals surface area contributed by atoms with Gasteiger partial charge in [-0.15, -0.1) is 0 Å². The number of halogens is 3. The number of nitrogens with zero attached hydrogens (tertiary/aromatic N) is 1. The molecule has 3 nitrogen and oxygen atoms in total. The van der Waals surface area contributed by atoms with Crippen LogP contribution in [-0.2, 0) is 17.5 Å². The minimum absolute atomic E-state index is 0.127. The SMILES string of the molecule is CCN(CC(=O)O)Cc1ccc(C(F)(F)F)cc1. The zero-order chi connectivity index (χ0) is 13.8. The highest BCUT2D eigenvalue weighted by Crippen LogP contribution is 2.29. The van der Waals surface area contributed by atoms with Gasteiger partial charge in [0.2, 0.25) is 0 Å². The number of alkyl halides is 3. The van der Waals surface area contributed by atoms with Crippen LogP contribution in [0.2, 0.25) is 0 Å². The van der Waals surface area contributed by atoms with Crippen molar-refractivity contribution >= 4 is 5.97 Å². The number of hydrogen-bond donors (Lipinski definition) is 1. The van der Waals surface area contributed by atoms with Gasteiger partial charge in [0.25, 0.3) is 0 Å². The molecule has 0 spiro atoms. The lowest BCUT2D eigenvalue weighted by Gasteiger charge is -2.18. The molecule has 6 heteroatoms. The zero-order valence-corrected chi connectivity index (χ0v) is 9.87. The zero-order valence-electron chi connectivity index (χ0n) is 9.87. The van der Waals surface area contributed by atoms with Crippen LogP contribution in [0.5, 0.6) is 0 Å². The van der Waals surface area contributed by atoms with Gasteiger partial charge in [-0.2, -0.15) is 13.2 Å². The first-order valence-electron chi connectivity index (χ1n) is 5.43. The monoisotopic (exact) mass is 261 g/mol. The van der Waals surface area contributed by atoms with Crippen molar-refractivity contribution in [3.8, 4) is 0 Å². The first kappa shape index (κ1) is 14.5. The number of likely N-dealkylation sites (N-methyl/N-ethyl adjacent to an activating group) is 1. The summed E-state index contributed by atoms with van der Waals surface area (Å²) in [5.41, 5.74) is -0.0429. The fourth-order valence-corrected chi connectivity index (χ4v) is 1.53. The van der Waals surface area contributed by atoms with Crippen LogP contribution in [0.25, 0.3) is 0 Å². The predicted octanol–water partition coefficient (Wildman–Crippen LogP) is 2.61. The maximum Gasteiger partial charge on any atom is 0.416 e. The van der Waals surface area contributed by atoms with Gasteiger partial charge in [0.05, 0.1) is 12.1 Å². The highest BCUT2D eigenvalue weighted by atomic mass is 19.4. The molecule has 0 amide bonds. The van der Waals surface area contributed by atoms with Gasteiger partial charge in [0.15, 0.2) is 0 Å². The molecule has 0 heterocycles. The summed E-state index contributed by atoms with van der Waals surface area (Å²) in [5, 5.41) is 8.65. The van der Waals surface area contributed by atoms with Crippen molar-refractivity contribution in [3.63, 3.8) is 0 Å². The molecule has 0 radical (unpaired) electrons. The average molecular weight is 261 g/mol. The molecule has 0 aliphatic carbocycles. The number of benzene rings is 1. The average Bonchev–Trinajstić information content (AvgIpc) is 2.27. The van der Waals surface area contributed by atoms with E-state index in [0.29, 0.717) is 18.7 Å². The lowest BCUT2D eigenvalue weighted by atomic mass is 10.1. The lowest BCUT2D eigenvalue weighted by Crippen LogP contribution is -2.29. The van der Waals surface area contributed by atoms with Crippen LogP contribution in [0, 0.1) is 0 Å². The number of carbonyl (C=O) groups is 1. The first-order chi connectivity index (χ1) is 8.32. The molecule has 0 saturated heterocycles. The summed E-state index contributed by atoms with van der Waals surface area (Å²) < 4.78 is 37.0. The molecule has 1 aromatic rings. The fraction of sp³-hybridized carbons (Fsp3) is 0.417. The molecule has 0 atom stereocenters. The van der Waals surface area contributed by atoms with E-state index in [4.69, 9.17) is 5.11 Å². The van der Waals surface area contributed by atoms with Gasteiger partial charge in [0.1, 0.15) is 0 Å². The smallest absolute Gasteiger partial charge is 0.416 e. The van der Waals surface area contributed by atoms with Crippen molar-refractivity contribution in [1.29, 1.82) is 0 Å². The Labute approximate surface area is 103 Å². The van der Waals surface area contributed by atoms with E-state index < -0.39 is 17.7 Å². The molecule has 18 heavy (non-hydrogen) atoms. The fourth-order valence-electron chi connectivity index (χ4n) is 1.53. The Balaban J connectivity index is 2.71. The van der Waals surface area contributed by atoms with Crippen LogP contribution in [0.1, 0.15) is 18.1 Å². The Kier molecular flexibility index (Phi) is 4.72. The van der Waals surface area contributed by atoms with E-state index in [1.54, 1.807) is 11.8 Å². The Hall–Kier alpha value is -1.56. The van der Waals surface area contributed by atoms with Gasteiger partial charge >= 0.3 is 12.1 Å². The second kappa shape index (κ2) is 5.86. The van der Waals surface area contributed by atoms with Crippen molar-refractivity contribution in [2.75, 3.05) is 13.1 Å². The van der Waals surface area contributed by atoms with E-state index in [9.17, 15) is 18.0 Å². The van der Waals surface area contributed by atoms with E-state index in [1.807, 2.05) is 0 Å². The summed E-state index contributed by atoms with van der Waals surface area (Å²) in [6, 6.07) is 4.74. The maximum atomic E-state index is 12.3. The second-order valence-corrected chi connectivity index (χ2v) is 3.89. The van der Waals surface area contributed by atoms with Crippen LogP contribution in [0.3, 0.4) is 0 Å². The molecule has 0 saturated carbocycles. The third-order valence-corrected chi connectivity index (χ3v) is 2.49. The quantitative estimate of drug-likeness (QED) is 0.885. The summed E-state index contributed by atoms with van der Waals surface area (Å²) >= 11 is 0. The molecular formula is C12H14F3NO2. The van der Waals surface area contributed by atoms with Gasteiger partial charge < -0.3 is 5.11 Å². The Morgan fingerprint density at radius 1 is 1.28 bits per heavy atom. The summed E-state index contributed by atoms with van der Waals surface area (Å²) in [7, 11) is 0. The summed E-state index contributed by atoms with van der Waals surface area (Å²) in [6.45, 7) is 2.51. The largest absolute Gasteiger partial charge is 0.480 e. The van der Waals surface area contributed by atoms with Crippen LogP contribution in [0.4, 0.5) is 13.2 Å². The van der Waals surface area contributed by atoms with Crippen LogP contribution in [0.15, 0.2) is 24.3 Å². The maximum absolute atomic E-state index is 12.3. The van der Waals surface area contributed by atoms with Crippen molar-refractivity contribution < 1.29 is 23.1 Å². The number of aliphatic carboxylic acids is 1. The van der Waals surface area contributed by atoms with E-state index in [1.165, 1.54) is 12.1 Å². The highest BCUT2D eigenvalue weighted by molar-refractivity contribution is 5.69. The highest BCUT2D eigenvalue weighted by Gasteiger charge is 2.29. The molecule has 100 valence electrons. The van der Waals surface area contributed by atoms with Gasteiger partial charge in [-0.1, -0.05) is 19.1 Å². The van der Waals surface area contributed by atoms with Crippen molar-refractivity contribution in [2.45, 2.75) is 19.6 Å². The topological polar surface area (TPSA) is 40.5 Å². The third kappa shape index (κ3) is 4.37. The Morgan fingerprint density at radius 3 is 2.22 bits per heavy atom. The van der Waals surface area contributed by atoms with Crippen molar-refractivity contribution in [2.24, 2.45) is 0 Å². The van der Waals surface area contributed by atoms with Crippen LogP contribution in [-0.4, -0.2) is 29.1 Å². The molecule has 0 fully saturated rings. The molecule has 0 aliphatic heterocycles. The van der Waals surface area contributed by atoms with Crippen molar-refractivity contribution in [1.82, 2.24) is 4.90 Å². The minimum atomic E-state index is -4.34. The molecular weight excluding hydrogens is 247 g/mol. The molecule has 1 aromatic carbocycles. The standard InChI is InChI=1S/C12H14F3NO2/c1-2-16(8-11(17)18)7-9-3-5-10(6-4-9)12(13,14)15/h3-6H,2,7-8H2,1H3,(H,17,18). The van der Waals surface area contributed by atoms with Gasteiger partial charge in [-0.25, -0.2) is 0 Å². The van der Waals surface area contributed by atoms with Gasteiger partial charge in [-0.05, 0) is 24.2 Å². The Morgan fingerprint density at radius 2 is 1.83 bits per heavy atom. The molecule has 0 aromatic heterocycles. The lowest BCUT2D eigenvalue weighted by molar-refractivity contribution is -0.138. The molecule has 0 unspecified atom stereocenters. The number of carboxylic acids is 1.